The van der Waals surface area contributed by atoms with Gasteiger partial charge in [0.2, 0.25) is 0 Å². The summed E-state index contributed by atoms with van der Waals surface area (Å²) in [5.41, 5.74) is 0. The van der Waals surface area contributed by atoms with E-state index in [1.807, 2.05) is 0 Å². The highest BCUT2D eigenvalue weighted by Crippen LogP contribution is 2.25. The minimum atomic E-state index is -0.890. The zero-order valence-electron chi connectivity index (χ0n) is 12.9. The maximum atomic E-state index is 11.9. The Hall–Kier alpha value is -1.29. The zero-order valence-corrected chi connectivity index (χ0v) is 13.7. The molecule has 0 aliphatic heterocycles. The molecule has 21 heavy (non-hydrogen) atoms. The summed E-state index contributed by atoms with van der Waals surface area (Å²) in [5.74, 6) is -1.85. The van der Waals surface area contributed by atoms with Crippen molar-refractivity contribution in [1.29, 1.82) is 0 Å². The van der Waals surface area contributed by atoms with E-state index in [1.54, 1.807) is 19.9 Å². The highest BCUT2D eigenvalue weighted by Gasteiger charge is 2.31. The normalized spacial score (nSPS) is 11.8. The van der Waals surface area contributed by atoms with Crippen LogP contribution in [0, 0.1) is 11.8 Å². The van der Waals surface area contributed by atoms with E-state index in [-0.39, 0.29) is 19.1 Å². The number of rotatable bonds is 11. The van der Waals surface area contributed by atoms with Crippen LogP contribution in [-0.2, 0) is 19.1 Å². The van der Waals surface area contributed by atoms with Gasteiger partial charge in [-0.1, -0.05) is 24.3 Å². The number of ether oxygens (including phenoxy) is 2. The van der Waals surface area contributed by atoms with Gasteiger partial charge in [0.15, 0.2) is 5.92 Å². The van der Waals surface area contributed by atoms with E-state index in [1.165, 1.54) is 0 Å². The number of carbonyl (C=O) groups is 2. The third-order valence-corrected chi connectivity index (χ3v) is 3.22. The van der Waals surface area contributed by atoms with Crippen molar-refractivity contribution in [2.45, 2.75) is 39.5 Å². The summed E-state index contributed by atoms with van der Waals surface area (Å²) in [4.78, 5) is 23.9. The Morgan fingerprint density at radius 3 is 2.10 bits per heavy atom. The number of esters is 2. The molecular weight excluding hydrogens is 292 g/mol. The van der Waals surface area contributed by atoms with Crippen LogP contribution in [0.25, 0.3) is 0 Å². The van der Waals surface area contributed by atoms with E-state index in [9.17, 15) is 9.59 Å². The van der Waals surface area contributed by atoms with Crippen molar-refractivity contribution in [3.8, 4) is 0 Å². The molecule has 0 saturated heterocycles. The van der Waals surface area contributed by atoms with Gasteiger partial charge in [-0.05, 0) is 45.4 Å². The van der Waals surface area contributed by atoms with Gasteiger partial charge >= 0.3 is 11.9 Å². The van der Waals surface area contributed by atoms with Crippen molar-refractivity contribution in [3.05, 3.63) is 24.3 Å². The van der Waals surface area contributed by atoms with E-state index in [2.05, 4.69) is 13.2 Å². The fourth-order valence-corrected chi connectivity index (χ4v) is 2.15. The minimum Gasteiger partial charge on any atom is -0.465 e. The third-order valence-electron chi connectivity index (χ3n) is 3.04. The van der Waals surface area contributed by atoms with Crippen LogP contribution in [0.2, 0.25) is 0 Å². The fraction of sp³-hybridized carbons (Fsp3) is 0.625. The molecule has 0 amide bonds. The lowest BCUT2D eigenvalue weighted by Gasteiger charge is -2.20. The molecule has 0 N–H and O–H groups in total. The molecule has 0 aromatic carbocycles. The van der Waals surface area contributed by atoms with Crippen LogP contribution >= 0.6 is 11.6 Å². The van der Waals surface area contributed by atoms with Crippen LogP contribution in [0.1, 0.15) is 39.5 Å². The van der Waals surface area contributed by atoms with E-state index >= 15 is 0 Å². The fourth-order valence-electron chi connectivity index (χ4n) is 2.04. The number of hydrogen-bond acceptors (Lipinski definition) is 4. The summed E-state index contributed by atoms with van der Waals surface area (Å²) in [6.45, 7) is 11.2. The molecule has 0 radical (unpaired) electrons. The van der Waals surface area contributed by atoms with Gasteiger partial charge in [-0.2, -0.15) is 0 Å². The van der Waals surface area contributed by atoms with E-state index in [0.717, 1.165) is 6.42 Å². The molecule has 0 bridgehead atoms. The Balaban J connectivity index is 4.84. The Morgan fingerprint density at radius 2 is 1.71 bits per heavy atom. The Kier molecular flexibility index (Phi) is 10.7. The smallest absolute Gasteiger partial charge is 0.320 e. The van der Waals surface area contributed by atoms with Crippen LogP contribution in [0.5, 0.6) is 0 Å². The van der Waals surface area contributed by atoms with Gasteiger partial charge in [0.05, 0.1) is 13.2 Å². The lowest BCUT2D eigenvalue weighted by molar-refractivity contribution is -0.162. The number of hydrogen-bond donors (Lipinski definition) is 0. The second-order valence-electron chi connectivity index (χ2n) is 4.74. The lowest BCUT2D eigenvalue weighted by atomic mass is 9.88. The first-order chi connectivity index (χ1) is 9.96. The van der Waals surface area contributed by atoms with Gasteiger partial charge in [0.25, 0.3) is 0 Å². The van der Waals surface area contributed by atoms with Crippen molar-refractivity contribution < 1.29 is 19.1 Å². The van der Waals surface area contributed by atoms with Crippen LogP contribution in [0.15, 0.2) is 24.3 Å². The molecule has 0 fully saturated rings. The maximum absolute atomic E-state index is 11.9. The molecule has 0 saturated carbocycles. The van der Waals surface area contributed by atoms with Crippen molar-refractivity contribution in [3.63, 3.8) is 0 Å². The summed E-state index contributed by atoms with van der Waals surface area (Å²) in [6, 6.07) is 0. The van der Waals surface area contributed by atoms with Crippen LogP contribution in [0.4, 0.5) is 0 Å². The first kappa shape index (κ1) is 19.7. The van der Waals surface area contributed by atoms with E-state index in [0.29, 0.717) is 24.3 Å². The summed E-state index contributed by atoms with van der Waals surface area (Å²) < 4.78 is 9.93. The summed E-state index contributed by atoms with van der Waals surface area (Å²) in [7, 11) is 0. The molecular formula is C16H25ClO4. The molecule has 0 aromatic heterocycles. The molecule has 5 heteroatoms. The maximum Gasteiger partial charge on any atom is 0.320 e. The SMILES string of the molecule is C=CCC(CCC(=C)Cl)CC(C(=O)OCC)C(=O)OCC. The predicted octanol–water partition coefficient (Wildman–Crippen LogP) is 3.84. The minimum absolute atomic E-state index is 0.108. The first-order valence-corrected chi connectivity index (χ1v) is 7.61. The van der Waals surface area contributed by atoms with Gasteiger partial charge < -0.3 is 9.47 Å². The second kappa shape index (κ2) is 11.4. The predicted molar refractivity (Wildman–Crippen MR) is 83.9 cm³/mol. The van der Waals surface area contributed by atoms with Crippen molar-refractivity contribution >= 4 is 23.5 Å². The molecule has 1 unspecified atom stereocenters. The first-order valence-electron chi connectivity index (χ1n) is 7.23. The lowest BCUT2D eigenvalue weighted by Crippen LogP contribution is -2.30. The molecule has 0 aromatic rings. The summed E-state index contributed by atoms with van der Waals surface area (Å²) >= 11 is 5.78. The number of carbonyl (C=O) groups excluding carboxylic acids is 2. The van der Waals surface area contributed by atoms with Gasteiger partial charge in [-0.15, -0.1) is 6.58 Å². The average molecular weight is 317 g/mol. The third kappa shape index (κ3) is 8.56. The monoisotopic (exact) mass is 316 g/mol. The highest BCUT2D eigenvalue weighted by atomic mass is 35.5. The molecule has 1 atom stereocenters. The van der Waals surface area contributed by atoms with Gasteiger partial charge in [-0.25, -0.2) is 0 Å². The molecule has 4 nitrogen and oxygen atoms in total. The van der Waals surface area contributed by atoms with E-state index in [4.69, 9.17) is 21.1 Å². The zero-order chi connectivity index (χ0) is 16.3. The Morgan fingerprint density at radius 1 is 1.19 bits per heavy atom. The topological polar surface area (TPSA) is 52.6 Å². The van der Waals surface area contributed by atoms with E-state index < -0.39 is 17.9 Å². The highest BCUT2D eigenvalue weighted by molar-refractivity contribution is 6.29. The van der Waals surface area contributed by atoms with Crippen LogP contribution < -0.4 is 0 Å². The molecule has 0 rings (SSSR count). The van der Waals surface area contributed by atoms with Gasteiger partial charge in [0, 0.05) is 5.03 Å². The molecule has 0 aliphatic carbocycles. The quantitative estimate of drug-likeness (QED) is 0.330. The summed E-state index contributed by atoms with van der Waals surface area (Å²) in [5, 5.41) is 0.563. The van der Waals surface area contributed by atoms with Gasteiger partial charge in [-0.3, -0.25) is 9.59 Å². The average Bonchev–Trinajstić information content (AvgIpc) is 2.42. The van der Waals surface area contributed by atoms with Crippen molar-refractivity contribution in [1.82, 2.24) is 0 Å². The van der Waals surface area contributed by atoms with Crippen molar-refractivity contribution in [2.75, 3.05) is 13.2 Å². The molecule has 0 heterocycles. The molecule has 0 spiro atoms. The molecule has 0 aliphatic rings. The summed E-state index contributed by atoms with van der Waals surface area (Å²) in [6.07, 6.45) is 4.21. The van der Waals surface area contributed by atoms with Crippen molar-refractivity contribution in [2.24, 2.45) is 11.8 Å². The number of halogens is 1. The second-order valence-corrected chi connectivity index (χ2v) is 5.27. The standard InChI is InChI=1S/C16H25ClO4/c1-5-8-13(10-9-12(4)17)11-14(15(18)20-6-2)16(19)21-7-3/h5,13-14H,1,4,6-11H2,2-3H3. The number of allylic oxidation sites excluding steroid dienone is 2. The molecule has 120 valence electrons. The Bertz CT molecular complexity index is 347. The van der Waals surface area contributed by atoms with Crippen LogP contribution in [0.3, 0.4) is 0 Å². The van der Waals surface area contributed by atoms with Crippen LogP contribution in [-0.4, -0.2) is 25.2 Å². The largest absolute Gasteiger partial charge is 0.465 e. The van der Waals surface area contributed by atoms with Gasteiger partial charge in [0.1, 0.15) is 0 Å². The Labute approximate surface area is 132 Å².